The summed E-state index contributed by atoms with van der Waals surface area (Å²) in [6.07, 6.45) is 0.721. The second-order valence-electron chi connectivity index (χ2n) is 7.10. The normalized spacial score (nSPS) is 15.1. The molecule has 0 aliphatic carbocycles. The van der Waals surface area contributed by atoms with E-state index in [-0.39, 0.29) is 28.2 Å². The molecule has 1 N–H and O–H groups in total. The van der Waals surface area contributed by atoms with Crippen molar-refractivity contribution < 1.29 is 9.18 Å². The van der Waals surface area contributed by atoms with Crippen molar-refractivity contribution in [2.75, 3.05) is 11.1 Å². The Hall–Kier alpha value is -2.58. The number of fused-ring (bicyclic) bond motifs is 1. The van der Waals surface area contributed by atoms with Crippen LogP contribution in [0.3, 0.4) is 0 Å². The number of carbonyl (C=O) groups is 1. The lowest BCUT2D eigenvalue weighted by atomic mass is 10.2. The average Bonchev–Trinajstić information content (AvgIpc) is 3.10. The third kappa shape index (κ3) is 4.29. The van der Waals surface area contributed by atoms with Crippen LogP contribution in [0.1, 0.15) is 18.2 Å². The summed E-state index contributed by atoms with van der Waals surface area (Å²) in [7, 11) is 0. The predicted octanol–water partition coefficient (Wildman–Crippen LogP) is 4.45. The van der Waals surface area contributed by atoms with E-state index in [1.807, 2.05) is 31.2 Å². The van der Waals surface area contributed by atoms with Gasteiger partial charge in [-0.05, 0) is 31.2 Å². The number of anilines is 1. The predicted molar refractivity (Wildman–Crippen MR) is 119 cm³/mol. The first-order valence-corrected chi connectivity index (χ1v) is 11.4. The van der Waals surface area contributed by atoms with Crippen molar-refractivity contribution >= 4 is 35.1 Å². The van der Waals surface area contributed by atoms with Crippen LogP contribution in [0.15, 0.2) is 63.4 Å². The third-order valence-electron chi connectivity index (χ3n) is 4.65. The molecule has 2 heterocycles. The largest absolute Gasteiger partial charge is 0.323 e. The molecule has 1 aliphatic rings. The molecular weight excluding hydrogens is 421 g/mol. The first-order valence-electron chi connectivity index (χ1n) is 9.49. The number of benzene rings is 2. The van der Waals surface area contributed by atoms with Gasteiger partial charge in [-0.1, -0.05) is 48.5 Å². The van der Waals surface area contributed by atoms with Gasteiger partial charge in [0, 0.05) is 11.7 Å². The zero-order valence-corrected chi connectivity index (χ0v) is 18.1. The molecule has 1 unspecified atom stereocenters. The van der Waals surface area contributed by atoms with E-state index < -0.39 is 5.82 Å². The van der Waals surface area contributed by atoms with E-state index in [0.717, 1.165) is 17.7 Å². The summed E-state index contributed by atoms with van der Waals surface area (Å²) < 4.78 is 15.3. The Kier molecular flexibility index (Phi) is 5.97. The number of carbonyl (C=O) groups excluding carboxylic acids is 1. The van der Waals surface area contributed by atoms with Gasteiger partial charge >= 0.3 is 0 Å². The molecular formula is C22H20FN3O2S2. The highest BCUT2D eigenvalue weighted by atomic mass is 32.2. The summed E-state index contributed by atoms with van der Waals surface area (Å²) >= 11 is 2.71. The van der Waals surface area contributed by atoms with Crippen molar-refractivity contribution in [1.82, 2.24) is 9.55 Å². The average molecular weight is 442 g/mol. The van der Waals surface area contributed by atoms with Crippen LogP contribution in [-0.4, -0.2) is 26.5 Å². The lowest BCUT2D eigenvalue weighted by Crippen LogP contribution is -2.24. The zero-order valence-electron chi connectivity index (χ0n) is 16.5. The molecule has 2 aromatic carbocycles. The highest BCUT2D eigenvalue weighted by molar-refractivity contribution is 8.00. The van der Waals surface area contributed by atoms with E-state index in [4.69, 9.17) is 4.98 Å². The van der Waals surface area contributed by atoms with Gasteiger partial charge in [-0.25, -0.2) is 9.37 Å². The van der Waals surface area contributed by atoms with Gasteiger partial charge < -0.3 is 5.32 Å². The van der Waals surface area contributed by atoms with Crippen LogP contribution >= 0.6 is 23.5 Å². The summed E-state index contributed by atoms with van der Waals surface area (Å²) in [4.78, 5) is 31.0. The topological polar surface area (TPSA) is 64.0 Å². The number of amides is 1. The molecule has 3 aromatic rings. The molecule has 8 heteroatoms. The lowest BCUT2D eigenvalue weighted by Gasteiger charge is -2.14. The first kappa shape index (κ1) is 20.7. The lowest BCUT2D eigenvalue weighted by molar-refractivity contribution is -0.113. The minimum absolute atomic E-state index is 0.00805. The highest BCUT2D eigenvalue weighted by Gasteiger charge is 2.27. The Labute approximate surface area is 182 Å². The minimum Gasteiger partial charge on any atom is -0.323 e. The summed E-state index contributed by atoms with van der Waals surface area (Å²) in [5.41, 5.74) is 2.58. The quantitative estimate of drug-likeness (QED) is 0.468. The van der Waals surface area contributed by atoms with E-state index >= 15 is 0 Å². The van der Waals surface area contributed by atoms with E-state index in [1.54, 1.807) is 28.5 Å². The number of rotatable bonds is 5. The fourth-order valence-electron chi connectivity index (χ4n) is 3.20. The van der Waals surface area contributed by atoms with Gasteiger partial charge in [0.05, 0.1) is 27.7 Å². The maximum absolute atomic E-state index is 13.8. The number of hydrogen-bond acceptors (Lipinski definition) is 5. The smallest absolute Gasteiger partial charge is 0.272 e. The van der Waals surface area contributed by atoms with Crippen molar-refractivity contribution in [3.63, 3.8) is 0 Å². The van der Waals surface area contributed by atoms with E-state index in [2.05, 4.69) is 12.2 Å². The SMILES string of the molecule is Cc1ccc(-n2c(SCC(=O)Nc3ccccc3F)nc3c(c2=O)SC(C)C3)cc1. The molecule has 0 fully saturated rings. The van der Waals surface area contributed by atoms with Gasteiger partial charge in [-0.2, -0.15) is 0 Å². The summed E-state index contributed by atoms with van der Waals surface area (Å²) in [6.45, 7) is 4.05. The Balaban J connectivity index is 1.63. The monoisotopic (exact) mass is 441 g/mol. The molecule has 0 saturated heterocycles. The van der Waals surface area contributed by atoms with Gasteiger partial charge in [-0.15, -0.1) is 11.8 Å². The molecule has 4 rings (SSSR count). The third-order valence-corrected chi connectivity index (χ3v) is 6.81. The van der Waals surface area contributed by atoms with Crippen molar-refractivity contribution in [2.24, 2.45) is 0 Å². The van der Waals surface area contributed by atoms with Gasteiger partial charge in [0.2, 0.25) is 5.91 Å². The second-order valence-corrected chi connectivity index (χ2v) is 9.49. The first-order chi connectivity index (χ1) is 14.4. The Morgan fingerprint density at radius 3 is 2.73 bits per heavy atom. The number of aryl methyl sites for hydroxylation is 1. The van der Waals surface area contributed by atoms with Crippen LogP contribution in [0.25, 0.3) is 5.69 Å². The number of halogens is 1. The minimum atomic E-state index is -0.492. The van der Waals surface area contributed by atoms with Crippen molar-refractivity contribution in [1.29, 1.82) is 0 Å². The summed E-state index contributed by atoms with van der Waals surface area (Å²) in [5, 5.41) is 3.31. The molecule has 1 amide bonds. The van der Waals surface area contributed by atoms with Gasteiger partial charge in [0.15, 0.2) is 5.16 Å². The molecule has 1 aromatic heterocycles. The van der Waals surface area contributed by atoms with Gasteiger partial charge in [0.1, 0.15) is 5.82 Å². The molecule has 5 nitrogen and oxygen atoms in total. The van der Waals surface area contributed by atoms with Crippen LogP contribution in [0.5, 0.6) is 0 Å². The Morgan fingerprint density at radius 2 is 2.00 bits per heavy atom. The molecule has 0 saturated carbocycles. The van der Waals surface area contributed by atoms with Gasteiger partial charge in [0.25, 0.3) is 5.56 Å². The molecule has 1 atom stereocenters. The number of nitrogens with one attached hydrogen (secondary N) is 1. The van der Waals surface area contributed by atoms with Crippen molar-refractivity contribution in [3.05, 3.63) is 76.0 Å². The molecule has 30 heavy (non-hydrogen) atoms. The summed E-state index contributed by atoms with van der Waals surface area (Å²) in [6, 6.07) is 13.6. The number of thioether (sulfide) groups is 2. The molecule has 154 valence electrons. The maximum Gasteiger partial charge on any atom is 0.272 e. The maximum atomic E-state index is 13.8. The van der Waals surface area contributed by atoms with Crippen LogP contribution in [-0.2, 0) is 11.2 Å². The van der Waals surface area contributed by atoms with E-state index in [1.165, 1.54) is 23.9 Å². The van der Waals surface area contributed by atoms with Crippen LogP contribution in [0.4, 0.5) is 10.1 Å². The van der Waals surface area contributed by atoms with Crippen LogP contribution < -0.4 is 10.9 Å². The number of nitrogens with zero attached hydrogens (tertiary/aromatic N) is 2. The van der Waals surface area contributed by atoms with E-state index in [9.17, 15) is 14.0 Å². The molecule has 0 bridgehead atoms. The number of hydrogen-bond donors (Lipinski definition) is 1. The van der Waals surface area contributed by atoms with Gasteiger partial charge in [-0.3, -0.25) is 14.2 Å². The summed E-state index contributed by atoms with van der Waals surface area (Å²) in [5.74, 6) is -0.846. The Morgan fingerprint density at radius 1 is 1.27 bits per heavy atom. The molecule has 0 spiro atoms. The standard InChI is InChI=1S/C22H20FN3O2S2/c1-13-7-9-15(10-8-13)26-21(28)20-18(11-14(2)30-20)25-22(26)29-12-19(27)24-17-6-4-3-5-16(17)23/h3-10,14H,11-12H2,1-2H3,(H,24,27). The second kappa shape index (κ2) is 8.65. The highest BCUT2D eigenvalue weighted by Crippen LogP contribution is 2.35. The molecule has 1 aliphatic heterocycles. The fourth-order valence-corrected chi connectivity index (χ4v) is 5.12. The van der Waals surface area contributed by atoms with Crippen LogP contribution in [0.2, 0.25) is 0 Å². The number of para-hydroxylation sites is 1. The van der Waals surface area contributed by atoms with Crippen LogP contribution in [0, 0.1) is 12.7 Å². The van der Waals surface area contributed by atoms with Crippen molar-refractivity contribution in [2.45, 2.75) is 35.6 Å². The zero-order chi connectivity index (χ0) is 21.3. The fraction of sp³-hybridized carbons (Fsp3) is 0.227. The van der Waals surface area contributed by atoms with Crippen molar-refractivity contribution in [3.8, 4) is 5.69 Å². The Bertz CT molecular complexity index is 1160. The van der Waals surface area contributed by atoms with E-state index in [0.29, 0.717) is 15.7 Å². The number of aromatic nitrogens is 2. The molecule has 0 radical (unpaired) electrons.